The van der Waals surface area contributed by atoms with Gasteiger partial charge in [-0.25, -0.2) is 4.21 Å². The molecule has 1 saturated heterocycles. The molecule has 5 unspecified atom stereocenters. The molecular weight excluding hydrogens is 252 g/mol. The summed E-state index contributed by atoms with van der Waals surface area (Å²) in [5.41, 5.74) is 0. The maximum Gasteiger partial charge on any atom is 0.162 e. The van der Waals surface area contributed by atoms with E-state index in [1.54, 1.807) is 7.11 Å². The van der Waals surface area contributed by atoms with Crippen LogP contribution in [0.4, 0.5) is 0 Å². The summed E-state index contributed by atoms with van der Waals surface area (Å²) in [5.74, 6) is 0.596. The second-order valence-corrected chi connectivity index (χ2v) is 6.39. The molecule has 104 valence electrons. The highest BCUT2D eigenvalue weighted by Gasteiger charge is 2.27. The van der Waals surface area contributed by atoms with Crippen molar-refractivity contribution in [3.05, 3.63) is 12.2 Å². The first-order chi connectivity index (χ1) is 8.69. The van der Waals surface area contributed by atoms with Gasteiger partial charge in [0.15, 0.2) is 17.4 Å². The average molecular weight is 274 g/mol. The fraction of sp³-hybridized carbons (Fsp3) is 0.846. The molecule has 0 aromatic heterocycles. The zero-order chi connectivity index (χ0) is 13.0. The summed E-state index contributed by atoms with van der Waals surface area (Å²) >= 11 is -1.24. The van der Waals surface area contributed by atoms with Crippen LogP contribution in [0.15, 0.2) is 12.2 Å². The second kappa shape index (κ2) is 6.80. The highest BCUT2D eigenvalue weighted by Crippen LogP contribution is 2.23. The van der Waals surface area contributed by atoms with Crippen LogP contribution in [0.25, 0.3) is 0 Å². The van der Waals surface area contributed by atoms with E-state index >= 15 is 0 Å². The van der Waals surface area contributed by atoms with E-state index in [1.807, 2.05) is 6.08 Å². The minimum absolute atomic E-state index is 0.0189. The van der Waals surface area contributed by atoms with E-state index in [1.165, 1.54) is 0 Å². The van der Waals surface area contributed by atoms with Crippen molar-refractivity contribution < 1.29 is 17.9 Å². The molecular formula is C13H22O4S. The van der Waals surface area contributed by atoms with E-state index in [2.05, 4.69) is 13.0 Å². The van der Waals surface area contributed by atoms with Crippen molar-refractivity contribution in [1.82, 2.24) is 0 Å². The van der Waals surface area contributed by atoms with Gasteiger partial charge in [0.05, 0.1) is 18.0 Å². The van der Waals surface area contributed by atoms with Crippen molar-refractivity contribution in [2.45, 2.75) is 50.3 Å². The zero-order valence-electron chi connectivity index (χ0n) is 11.0. The van der Waals surface area contributed by atoms with Crippen molar-refractivity contribution in [1.29, 1.82) is 0 Å². The Kier molecular flexibility index (Phi) is 5.36. The number of rotatable bonds is 5. The molecule has 0 N–H and O–H groups in total. The Morgan fingerprint density at radius 2 is 2.11 bits per heavy atom. The first-order valence-electron chi connectivity index (χ1n) is 6.59. The highest BCUT2D eigenvalue weighted by molar-refractivity contribution is 7.81. The van der Waals surface area contributed by atoms with E-state index in [4.69, 9.17) is 13.7 Å². The lowest BCUT2D eigenvalue weighted by Crippen LogP contribution is -2.24. The molecule has 0 bridgehead atoms. The molecule has 1 heterocycles. The first-order valence-corrected chi connectivity index (χ1v) is 7.73. The lowest BCUT2D eigenvalue weighted by Gasteiger charge is -2.20. The predicted octanol–water partition coefficient (Wildman–Crippen LogP) is 2.17. The molecule has 2 rings (SSSR count). The number of methoxy groups -OCH3 is 1. The van der Waals surface area contributed by atoms with E-state index in [0.29, 0.717) is 12.5 Å². The van der Waals surface area contributed by atoms with Gasteiger partial charge in [-0.3, -0.25) is 4.18 Å². The number of hydrogen-bond acceptors (Lipinski definition) is 4. The van der Waals surface area contributed by atoms with Gasteiger partial charge >= 0.3 is 0 Å². The van der Waals surface area contributed by atoms with Gasteiger partial charge in [-0.1, -0.05) is 19.1 Å². The Morgan fingerprint density at radius 1 is 1.28 bits per heavy atom. The largest absolute Gasteiger partial charge is 0.356 e. The molecule has 5 heteroatoms. The van der Waals surface area contributed by atoms with Crippen molar-refractivity contribution in [3.63, 3.8) is 0 Å². The third-order valence-corrected chi connectivity index (χ3v) is 4.77. The summed E-state index contributed by atoms with van der Waals surface area (Å²) in [6.45, 7) is 2.57. The van der Waals surface area contributed by atoms with Crippen molar-refractivity contribution in [2.75, 3.05) is 13.7 Å². The summed E-state index contributed by atoms with van der Waals surface area (Å²) in [6, 6.07) is 0. The smallest absolute Gasteiger partial charge is 0.162 e. The molecule has 5 atom stereocenters. The SMILES string of the molecule is COC1CCC(COS(=O)C2C=CC(C)CC2)O1. The molecule has 18 heavy (non-hydrogen) atoms. The van der Waals surface area contributed by atoms with Crippen LogP contribution in [0.5, 0.6) is 0 Å². The van der Waals surface area contributed by atoms with Crippen LogP contribution in [-0.4, -0.2) is 35.6 Å². The van der Waals surface area contributed by atoms with Crippen LogP contribution in [-0.2, 0) is 24.7 Å². The van der Waals surface area contributed by atoms with Crippen molar-refractivity contribution >= 4 is 11.1 Å². The number of allylic oxidation sites excluding steroid dienone is 1. The van der Waals surface area contributed by atoms with Crippen LogP contribution in [0.2, 0.25) is 0 Å². The van der Waals surface area contributed by atoms with Gasteiger partial charge in [0.2, 0.25) is 0 Å². The third-order valence-electron chi connectivity index (χ3n) is 3.51. The van der Waals surface area contributed by atoms with Crippen molar-refractivity contribution in [2.24, 2.45) is 5.92 Å². The van der Waals surface area contributed by atoms with Crippen LogP contribution >= 0.6 is 0 Å². The van der Waals surface area contributed by atoms with Gasteiger partial charge in [0.1, 0.15) is 0 Å². The molecule has 0 aromatic rings. The Morgan fingerprint density at radius 3 is 2.72 bits per heavy atom. The fourth-order valence-electron chi connectivity index (χ4n) is 2.29. The lowest BCUT2D eigenvalue weighted by atomic mass is 9.98. The van der Waals surface area contributed by atoms with Crippen molar-refractivity contribution in [3.8, 4) is 0 Å². The molecule has 0 radical (unpaired) electrons. The van der Waals surface area contributed by atoms with Crippen LogP contribution in [0, 0.1) is 5.92 Å². The highest BCUT2D eigenvalue weighted by atomic mass is 32.2. The van der Waals surface area contributed by atoms with Crippen LogP contribution < -0.4 is 0 Å². The molecule has 0 spiro atoms. The molecule has 1 aliphatic heterocycles. The standard InChI is InChI=1S/C13H22O4S/c1-10-3-6-12(7-4-10)18(14)16-9-11-5-8-13(15-2)17-11/h3,6,10-13H,4-5,7-9H2,1-2H3. The minimum Gasteiger partial charge on any atom is -0.356 e. The summed E-state index contributed by atoms with van der Waals surface area (Å²) < 4.78 is 28.1. The topological polar surface area (TPSA) is 44.8 Å². The van der Waals surface area contributed by atoms with Gasteiger partial charge in [0, 0.05) is 13.5 Å². The molecule has 2 aliphatic rings. The number of hydrogen-bond donors (Lipinski definition) is 0. The monoisotopic (exact) mass is 274 g/mol. The first kappa shape index (κ1) is 14.2. The molecule has 4 nitrogen and oxygen atoms in total. The van der Waals surface area contributed by atoms with Gasteiger partial charge in [-0.2, -0.15) is 0 Å². The fourth-order valence-corrected chi connectivity index (χ4v) is 3.30. The van der Waals surface area contributed by atoms with Gasteiger partial charge in [-0.05, 0) is 25.2 Å². The maximum absolute atomic E-state index is 12.0. The summed E-state index contributed by atoms with van der Waals surface area (Å²) in [7, 11) is 1.64. The molecule has 0 amide bonds. The summed E-state index contributed by atoms with van der Waals surface area (Å²) in [6.07, 6.45) is 7.87. The number of ether oxygens (including phenoxy) is 2. The van der Waals surface area contributed by atoms with Gasteiger partial charge < -0.3 is 9.47 Å². The van der Waals surface area contributed by atoms with E-state index in [-0.39, 0.29) is 17.6 Å². The van der Waals surface area contributed by atoms with E-state index in [9.17, 15) is 4.21 Å². The van der Waals surface area contributed by atoms with Gasteiger partial charge in [0.25, 0.3) is 0 Å². The Hall–Kier alpha value is -0.230. The van der Waals surface area contributed by atoms with E-state index < -0.39 is 11.1 Å². The van der Waals surface area contributed by atoms with E-state index in [0.717, 1.165) is 25.7 Å². The average Bonchev–Trinajstić information content (AvgIpc) is 2.85. The lowest BCUT2D eigenvalue weighted by molar-refractivity contribution is -0.120. The quantitative estimate of drug-likeness (QED) is 0.721. The third kappa shape index (κ3) is 3.88. The normalized spacial score (nSPS) is 37.9. The molecule has 1 fully saturated rings. The predicted molar refractivity (Wildman–Crippen MR) is 70.3 cm³/mol. The maximum atomic E-state index is 12.0. The Labute approximate surface area is 111 Å². The van der Waals surface area contributed by atoms with Gasteiger partial charge in [-0.15, -0.1) is 0 Å². The Bertz CT molecular complexity index is 318. The molecule has 1 aliphatic carbocycles. The summed E-state index contributed by atoms with van der Waals surface area (Å²) in [5, 5.41) is 0.0424. The molecule has 0 aromatic carbocycles. The van der Waals surface area contributed by atoms with Crippen LogP contribution in [0.1, 0.15) is 32.6 Å². The Balaban J connectivity index is 1.70. The van der Waals surface area contributed by atoms with Crippen LogP contribution in [0.3, 0.4) is 0 Å². The second-order valence-electron chi connectivity index (χ2n) is 5.02. The molecule has 0 saturated carbocycles. The minimum atomic E-state index is -1.24. The summed E-state index contributed by atoms with van der Waals surface area (Å²) in [4.78, 5) is 0. The zero-order valence-corrected chi connectivity index (χ0v) is 11.9.